The molecular weight excluding hydrogens is 368 g/mol. The summed E-state index contributed by atoms with van der Waals surface area (Å²) in [5.74, 6) is 0.832. The lowest BCUT2D eigenvalue weighted by atomic mass is 10.00. The Hall–Kier alpha value is -2.15. The molecule has 1 unspecified atom stereocenters. The fraction of sp³-hybridized carbons (Fsp3) is 0.200. The van der Waals surface area contributed by atoms with Crippen molar-refractivity contribution in [2.45, 2.75) is 24.3 Å². The first-order valence-corrected chi connectivity index (χ1v) is 10.6. The first-order valence-electron chi connectivity index (χ1n) is 8.22. The zero-order valence-corrected chi connectivity index (χ0v) is 16.1. The van der Waals surface area contributed by atoms with Crippen LogP contribution in [-0.4, -0.2) is 15.5 Å². The second kappa shape index (κ2) is 6.54. The van der Waals surface area contributed by atoms with Crippen LogP contribution >= 0.6 is 11.3 Å². The second-order valence-electron chi connectivity index (χ2n) is 6.28. The SMILES string of the molecule is COS(=O)(=O)c1ccc(C)cc1C1Cc2cccc(-c3ccsc3)c2O1. The van der Waals surface area contributed by atoms with Crippen molar-refractivity contribution in [2.24, 2.45) is 0 Å². The lowest BCUT2D eigenvalue weighted by Gasteiger charge is -2.17. The number of aryl methyl sites for hydroxylation is 1. The Kier molecular flexibility index (Phi) is 4.34. The van der Waals surface area contributed by atoms with Gasteiger partial charge in [0, 0.05) is 17.5 Å². The maximum absolute atomic E-state index is 12.3. The Labute approximate surface area is 157 Å². The highest BCUT2D eigenvalue weighted by Crippen LogP contribution is 2.44. The lowest BCUT2D eigenvalue weighted by molar-refractivity contribution is 0.235. The Morgan fingerprint density at radius 3 is 2.77 bits per heavy atom. The van der Waals surface area contributed by atoms with E-state index in [1.54, 1.807) is 23.5 Å². The molecule has 4 rings (SSSR count). The molecule has 0 saturated heterocycles. The third kappa shape index (κ3) is 2.94. The van der Waals surface area contributed by atoms with E-state index in [0.29, 0.717) is 12.0 Å². The van der Waals surface area contributed by atoms with Gasteiger partial charge in [-0.1, -0.05) is 35.9 Å². The van der Waals surface area contributed by atoms with Gasteiger partial charge in [-0.2, -0.15) is 19.8 Å². The fourth-order valence-electron chi connectivity index (χ4n) is 3.32. The highest BCUT2D eigenvalue weighted by molar-refractivity contribution is 7.86. The molecule has 0 fully saturated rings. The maximum Gasteiger partial charge on any atom is 0.297 e. The Morgan fingerprint density at radius 2 is 2.04 bits per heavy atom. The summed E-state index contributed by atoms with van der Waals surface area (Å²) < 4.78 is 35.7. The molecular formula is C20H18O4S2. The average Bonchev–Trinajstić information content (AvgIpc) is 3.30. The molecule has 0 radical (unpaired) electrons. The molecule has 0 amide bonds. The van der Waals surface area contributed by atoms with Gasteiger partial charge in [-0.3, -0.25) is 4.18 Å². The third-order valence-electron chi connectivity index (χ3n) is 4.60. The van der Waals surface area contributed by atoms with Gasteiger partial charge in [0.1, 0.15) is 16.7 Å². The highest BCUT2D eigenvalue weighted by Gasteiger charge is 2.31. The number of ether oxygens (including phenoxy) is 1. The van der Waals surface area contributed by atoms with Crippen LogP contribution in [0.15, 0.2) is 58.1 Å². The molecule has 0 aliphatic carbocycles. The zero-order chi connectivity index (χ0) is 18.3. The molecule has 6 heteroatoms. The summed E-state index contributed by atoms with van der Waals surface area (Å²) in [4.78, 5) is 0.167. The monoisotopic (exact) mass is 386 g/mol. The van der Waals surface area contributed by atoms with Crippen LogP contribution in [0.5, 0.6) is 5.75 Å². The number of hydrogen-bond acceptors (Lipinski definition) is 5. The van der Waals surface area contributed by atoms with Crippen molar-refractivity contribution in [2.75, 3.05) is 7.11 Å². The summed E-state index contributed by atoms with van der Waals surface area (Å²) in [5, 5.41) is 4.12. The van der Waals surface area contributed by atoms with Crippen molar-refractivity contribution in [1.82, 2.24) is 0 Å². The molecule has 0 N–H and O–H groups in total. The molecule has 1 aliphatic rings. The van der Waals surface area contributed by atoms with E-state index >= 15 is 0 Å². The molecule has 1 aromatic heterocycles. The molecule has 3 aromatic rings. The van der Waals surface area contributed by atoms with Crippen molar-refractivity contribution >= 4 is 21.5 Å². The summed E-state index contributed by atoms with van der Waals surface area (Å²) in [6.07, 6.45) is 0.271. The lowest BCUT2D eigenvalue weighted by Crippen LogP contribution is -2.12. The van der Waals surface area contributed by atoms with Crippen LogP contribution in [0.25, 0.3) is 11.1 Å². The summed E-state index contributed by atoms with van der Waals surface area (Å²) in [6.45, 7) is 1.94. The standard InChI is InChI=1S/C20H18O4S2/c1-13-6-7-19(26(21,22)23-2)17(10-13)18-11-14-4-3-5-16(20(14)24-18)15-8-9-25-12-15/h3-10,12,18H,11H2,1-2H3. The van der Waals surface area contributed by atoms with Gasteiger partial charge in [0.2, 0.25) is 0 Å². The van der Waals surface area contributed by atoms with Crippen molar-refractivity contribution in [3.8, 4) is 16.9 Å². The maximum atomic E-state index is 12.3. The van der Waals surface area contributed by atoms with E-state index in [4.69, 9.17) is 8.92 Å². The van der Waals surface area contributed by atoms with Crippen LogP contribution in [-0.2, 0) is 20.7 Å². The summed E-state index contributed by atoms with van der Waals surface area (Å²) in [7, 11) is -2.62. The summed E-state index contributed by atoms with van der Waals surface area (Å²) in [6, 6.07) is 13.4. The molecule has 2 heterocycles. The average molecular weight is 386 g/mol. The van der Waals surface area contributed by atoms with Crippen LogP contribution in [0, 0.1) is 6.92 Å². The molecule has 2 aromatic carbocycles. The normalized spacial score (nSPS) is 16.3. The fourth-order valence-corrected chi connectivity index (χ4v) is 4.87. The quantitative estimate of drug-likeness (QED) is 0.608. The van der Waals surface area contributed by atoms with Crippen molar-refractivity contribution in [1.29, 1.82) is 0 Å². The van der Waals surface area contributed by atoms with Gasteiger partial charge in [0.05, 0.1) is 7.11 Å². The van der Waals surface area contributed by atoms with Gasteiger partial charge in [-0.05, 0) is 40.9 Å². The molecule has 26 heavy (non-hydrogen) atoms. The topological polar surface area (TPSA) is 52.6 Å². The minimum Gasteiger partial charge on any atom is -0.484 e. The minimum atomic E-state index is -3.80. The van der Waals surface area contributed by atoms with Gasteiger partial charge in [0.15, 0.2) is 0 Å². The van der Waals surface area contributed by atoms with Crippen LogP contribution in [0.3, 0.4) is 0 Å². The highest BCUT2D eigenvalue weighted by atomic mass is 32.2. The Morgan fingerprint density at radius 1 is 1.19 bits per heavy atom. The molecule has 4 nitrogen and oxygen atoms in total. The smallest absolute Gasteiger partial charge is 0.297 e. The van der Waals surface area contributed by atoms with Gasteiger partial charge >= 0.3 is 0 Å². The Balaban J connectivity index is 1.78. The molecule has 0 bridgehead atoms. The second-order valence-corrected chi connectivity index (χ2v) is 8.74. The van der Waals surface area contributed by atoms with Crippen LogP contribution in [0.2, 0.25) is 0 Å². The Bertz CT molecular complexity index is 1050. The van der Waals surface area contributed by atoms with Crippen molar-refractivity contribution in [3.05, 3.63) is 69.9 Å². The molecule has 134 valence electrons. The van der Waals surface area contributed by atoms with Crippen molar-refractivity contribution in [3.63, 3.8) is 0 Å². The number of rotatable bonds is 4. The summed E-state index contributed by atoms with van der Waals surface area (Å²) in [5.41, 5.74) is 4.85. The number of hydrogen-bond donors (Lipinski definition) is 0. The zero-order valence-electron chi connectivity index (χ0n) is 14.4. The van der Waals surface area contributed by atoms with E-state index in [0.717, 1.165) is 28.0 Å². The molecule has 0 spiro atoms. The van der Waals surface area contributed by atoms with Gasteiger partial charge in [-0.25, -0.2) is 0 Å². The predicted octanol–water partition coefficient (Wildman–Crippen LogP) is 4.73. The first kappa shape index (κ1) is 17.3. The first-order chi connectivity index (χ1) is 12.5. The van der Waals surface area contributed by atoms with E-state index in [2.05, 4.69) is 11.4 Å². The van der Waals surface area contributed by atoms with E-state index in [-0.39, 0.29) is 11.0 Å². The van der Waals surface area contributed by atoms with Crippen LogP contribution in [0.1, 0.15) is 22.8 Å². The van der Waals surface area contributed by atoms with E-state index in [1.807, 2.05) is 36.6 Å². The summed E-state index contributed by atoms with van der Waals surface area (Å²) >= 11 is 1.64. The molecule has 1 atom stereocenters. The van der Waals surface area contributed by atoms with E-state index < -0.39 is 10.1 Å². The largest absolute Gasteiger partial charge is 0.484 e. The number of thiophene rings is 1. The minimum absolute atomic E-state index is 0.167. The van der Waals surface area contributed by atoms with Gasteiger partial charge in [0.25, 0.3) is 10.1 Å². The molecule has 1 aliphatic heterocycles. The van der Waals surface area contributed by atoms with E-state index in [9.17, 15) is 8.42 Å². The van der Waals surface area contributed by atoms with Crippen LogP contribution < -0.4 is 4.74 Å². The van der Waals surface area contributed by atoms with Crippen LogP contribution in [0.4, 0.5) is 0 Å². The van der Waals surface area contributed by atoms with Gasteiger partial charge in [-0.15, -0.1) is 0 Å². The number of benzene rings is 2. The van der Waals surface area contributed by atoms with E-state index in [1.165, 1.54) is 7.11 Å². The predicted molar refractivity (Wildman–Crippen MR) is 102 cm³/mol. The van der Waals surface area contributed by atoms with Gasteiger partial charge < -0.3 is 4.74 Å². The third-order valence-corrected chi connectivity index (χ3v) is 6.63. The molecule has 0 saturated carbocycles. The number of fused-ring (bicyclic) bond motifs is 1. The van der Waals surface area contributed by atoms with Crippen molar-refractivity contribution < 1.29 is 17.3 Å². The number of para-hydroxylation sites is 1.